The zero-order valence-electron chi connectivity index (χ0n) is 15.2. The average Bonchev–Trinajstić information content (AvgIpc) is 3.08. The number of unbranched alkanes of at least 4 members (excludes halogenated alkanes) is 1. The molecule has 0 unspecified atom stereocenters. The number of aliphatic carboxylic acids is 1. The minimum absolute atomic E-state index is 0.213. The van der Waals surface area contributed by atoms with E-state index < -0.39 is 12.0 Å². The molecule has 1 atom stereocenters. The maximum atomic E-state index is 12.2. The van der Waals surface area contributed by atoms with Crippen LogP contribution in [0.1, 0.15) is 30.4 Å². The van der Waals surface area contributed by atoms with E-state index in [9.17, 15) is 14.7 Å². The standard InChI is InChI=1S/C22H24N2O3/c25-21(13-7-4-10-16-8-2-1-3-9-16)24-20(22(26)27)14-17-15-23-19-12-6-5-11-18(17)19/h1-3,5-6,8-9,11-12,15,20,23H,4,7,10,13-14H2,(H,24,25)(H,26,27)/t20-/m0/s1. The average molecular weight is 364 g/mol. The smallest absolute Gasteiger partial charge is 0.326 e. The Bertz CT molecular complexity index is 902. The number of aromatic nitrogens is 1. The van der Waals surface area contributed by atoms with Gasteiger partial charge in [0, 0.05) is 29.9 Å². The first kappa shape index (κ1) is 18.7. The van der Waals surface area contributed by atoms with E-state index in [-0.39, 0.29) is 12.3 Å². The predicted molar refractivity (Wildman–Crippen MR) is 106 cm³/mol. The SMILES string of the molecule is O=C(CCCCc1ccccc1)N[C@@H](Cc1c[nH]c2ccccc12)C(=O)O. The van der Waals surface area contributed by atoms with E-state index in [1.54, 1.807) is 0 Å². The van der Waals surface area contributed by atoms with Gasteiger partial charge in [-0.05, 0) is 36.5 Å². The second-order valence-corrected chi connectivity index (χ2v) is 6.71. The molecule has 0 aliphatic heterocycles. The van der Waals surface area contributed by atoms with Gasteiger partial charge in [0.15, 0.2) is 0 Å². The van der Waals surface area contributed by atoms with Gasteiger partial charge in [-0.25, -0.2) is 4.79 Å². The molecule has 3 N–H and O–H groups in total. The maximum absolute atomic E-state index is 12.2. The van der Waals surface area contributed by atoms with Crippen molar-refractivity contribution in [2.24, 2.45) is 0 Å². The summed E-state index contributed by atoms with van der Waals surface area (Å²) in [5, 5.41) is 13.1. The largest absolute Gasteiger partial charge is 0.480 e. The Hall–Kier alpha value is -3.08. The van der Waals surface area contributed by atoms with Crippen LogP contribution >= 0.6 is 0 Å². The molecule has 5 heteroatoms. The third-order valence-electron chi connectivity index (χ3n) is 4.69. The van der Waals surface area contributed by atoms with Gasteiger partial charge in [-0.15, -0.1) is 0 Å². The summed E-state index contributed by atoms with van der Waals surface area (Å²) in [7, 11) is 0. The van der Waals surface area contributed by atoms with Crippen molar-refractivity contribution < 1.29 is 14.7 Å². The van der Waals surface area contributed by atoms with E-state index in [0.717, 1.165) is 35.7 Å². The van der Waals surface area contributed by atoms with Crippen molar-refractivity contribution in [3.8, 4) is 0 Å². The first-order chi connectivity index (χ1) is 13.1. The molecule has 1 heterocycles. The molecule has 0 aliphatic rings. The van der Waals surface area contributed by atoms with Gasteiger partial charge in [-0.3, -0.25) is 4.79 Å². The number of aryl methyl sites for hydroxylation is 1. The maximum Gasteiger partial charge on any atom is 0.326 e. The number of fused-ring (bicyclic) bond motifs is 1. The molecular formula is C22H24N2O3. The van der Waals surface area contributed by atoms with Crippen LogP contribution in [-0.2, 0) is 22.4 Å². The van der Waals surface area contributed by atoms with Crippen LogP contribution in [-0.4, -0.2) is 28.0 Å². The molecule has 0 fully saturated rings. The Kier molecular flexibility index (Phi) is 6.26. The van der Waals surface area contributed by atoms with Crippen molar-refractivity contribution in [2.75, 3.05) is 0 Å². The Morgan fingerprint density at radius 1 is 1.00 bits per heavy atom. The van der Waals surface area contributed by atoms with Crippen LogP contribution in [0.5, 0.6) is 0 Å². The molecule has 140 valence electrons. The summed E-state index contributed by atoms with van der Waals surface area (Å²) in [4.78, 5) is 26.9. The summed E-state index contributed by atoms with van der Waals surface area (Å²) in [6.45, 7) is 0. The monoisotopic (exact) mass is 364 g/mol. The quantitative estimate of drug-likeness (QED) is 0.506. The molecular weight excluding hydrogens is 340 g/mol. The van der Waals surface area contributed by atoms with Crippen LogP contribution in [0.15, 0.2) is 60.8 Å². The van der Waals surface area contributed by atoms with Crippen LogP contribution in [0, 0.1) is 0 Å². The molecule has 1 amide bonds. The highest BCUT2D eigenvalue weighted by atomic mass is 16.4. The number of carboxylic acids is 1. The van der Waals surface area contributed by atoms with Gasteiger partial charge >= 0.3 is 5.97 Å². The summed E-state index contributed by atoms with van der Waals surface area (Å²) >= 11 is 0. The van der Waals surface area contributed by atoms with Gasteiger partial charge in [0.1, 0.15) is 6.04 Å². The Morgan fingerprint density at radius 2 is 1.74 bits per heavy atom. The second-order valence-electron chi connectivity index (χ2n) is 6.71. The number of H-pyrrole nitrogens is 1. The van der Waals surface area contributed by atoms with Crippen LogP contribution in [0.3, 0.4) is 0 Å². The highest BCUT2D eigenvalue weighted by Crippen LogP contribution is 2.19. The molecule has 0 radical (unpaired) electrons. The minimum atomic E-state index is -1.02. The lowest BCUT2D eigenvalue weighted by atomic mass is 10.0. The van der Waals surface area contributed by atoms with E-state index in [2.05, 4.69) is 22.4 Å². The van der Waals surface area contributed by atoms with E-state index in [0.29, 0.717) is 6.42 Å². The van der Waals surface area contributed by atoms with Crippen LogP contribution in [0.25, 0.3) is 10.9 Å². The van der Waals surface area contributed by atoms with E-state index in [1.165, 1.54) is 5.56 Å². The predicted octanol–water partition coefficient (Wildman–Crippen LogP) is 3.69. The fraction of sp³-hybridized carbons (Fsp3) is 0.273. The van der Waals surface area contributed by atoms with Crippen LogP contribution in [0.2, 0.25) is 0 Å². The molecule has 0 aliphatic carbocycles. The molecule has 0 spiro atoms. The fourth-order valence-corrected chi connectivity index (χ4v) is 3.25. The first-order valence-electron chi connectivity index (χ1n) is 9.24. The Morgan fingerprint density at radius 3 is 2.52 bits per heavy atom. The van der Waals surface area contributed by atoms with Gasteiger partial charge in [-0.2, -0.15) is 0 Å². The lowest BCUT2D eigenvalue weighted by Gasteiger charge is -2.14. The van der Waals surface area contributed by atoms with E-state index >= 15 is 0 Å². The van der Waals surface area contributed by atoms with Crippen molar-refractivity contribution in [1.82, 2.24) is 10.3 Å². The zero-order chi connectivity index (χ0) is 19.1. The van der Waals surface area contributed by atoms with Crippen LogP contribution in [0.4, 0.5) is 0 Å². The topological polar surface area (TPSA) is 82.2 Å². The van der Waals surface area contributed by atoms with Gasteiger partial charge in [0.2, 0.25) is 5.91 Å². The van der Waals surface area contributed by atoms with Gasteiger partial charge in [0.25, 0.3) is 0 Å². The Balaban J connectivity index is 1.50. The van der Waals surface area contributed by atoms with E-state index in [4.69, 9.17) is 0 Å². The third kappa shape index (κ3) is 5.20. The molecule has 1 aromatic heterocycles. The number of hydrogen-bond donors (Lipinski definition) is 3. The summed E-state index contributed by atoms with van der Waals surface area (Å²) in [6.07, 6.45) is 4.97. The molecule has 0 saturated heterocycles. The lowest BCUT2D eigenvalue weighted by molar-refractivity contribution is -0.141. The number of nitrogens with one attached hydrogen (secondary N) is 2. The Labute approximate surface area is 158 Å². The molecule has 3 rings (SSSR count). The molecule has 0 saturated carbocycles. The number of para-hydroxylation sites is 1. The molecule has 5 nitrogen and oxygen atoms in total. The summed E-state index contributed by atoms with van der Waals surface area (Å²) in [5.74, 6) is -1.23. The first-order valence-corrected chi connectivity index (χ1v) is 9.24. The fourth-order valence-electron chi connectivity index (χ4n) is 3.25. The van der Waals surface area contributed by atoms with Gasteiger partial charge in [-0.1, -0.05) is 48.5 Å². The normalized spacial score (nSPS) is 12.0. The third-order valence-corrected chi connectivity index (χ3v) is 4.69. The van der Waals surface area contributed by atoms with Crippen molar-refractivity contribution in [1.29, 1.82) is 0 Å². The van der Waals surface area contributed by atoms with Crippen molar-refractivity contribution >= 4 is 22.8 Å². The van der Waals surface area contributed by atoms with Crippen molar-refractivity contribution in [3.63, 3.8) is 0 Å². The number of hydrogen-bond acceptors (Lipinski definition) is 2. The lowest BCUT2D eigenvalue weighted by Crippen LogP contribution is -2.42. The minimum Gasteiger partial charge on any atom is -0.480 e. The van der Waals surface area contributed by atoms with Crippen molar-refractivity contribution in [3.05, 3.63) is 71.9 Å². The van der Waals surface area contributed by atoms with Gasteiger partial charge in [0.05, 0.1) is 0 Å². The molecule has 27 heavy (non-hydrogen) atoms. The second kappa shape index (κ2) is 9.03. The number of carbonyl (C=O) groups is 2. The number of carboxylic acid groups (broad SMARTS) is 1. The number of benzene rings is 2. The van der Waals surface area contributed by atoms with E-state index in [1.807, 2.05) is 48.7 Å². The highest BCUT2D eigenvalue weighted by Gasteiger charge is 2.21. The molecule has 2 aromatic carbocycles. The summed E-state index contributed by atoms with van der Waals surface area (Å²) in [6, 6.07) is 16.9. The number of aromatic amines is 1. The van der Waals surface area contributed by atoms with Gasteiger partial charge < -0.3 is 15.4 Å². The summed E-state index contributed by atoms with van der Waals surface area (Å²) in [5.41, 5.74) is 3.10. The summed E-state index contributed by atoms with van der Waals surface area (Å²) < 4.78 is 0. The molecule has 3 aromatic rings. The van der Waals surface area contributed by atoms with Crippen LogP contribution < -0.4 is 5.32 Å². The highest BCUT2D eigenvalue weighted by molar-refractivity contribution is 5.86. The number of rotatable bonds is 9. The number of amides is 1. The molecule has 0 bridgehead atoms. The number of carbonyl (C=O) groups excluding carboxylic acids is 1. The van der Waals surface area contributed by atoms with Crippen molar-refractivity contribution in [2.45, 2.75) is 38.1 Å². The zero-order valence-corrected chi connectivity index (χ0v) is 15.2.